The van der Waals surface area contributed by atoms with Gasteiger partial charge in [0.2, 0.25) is 0 Å². The molecule has 3 aromatic rings. The van der Waals surface area contributed by atoms with Crippen LogP contribution in [0.4, 0.5) is 0 Å². The average molecular weight is 407 g/mol. The van der Waals surface area contributed by atoms with Crippen molar-refractivity contribution in [2.24, 2.45) is 0 Å². The van der Waals surface area contributed by atoms with E-state index in [4.69, 9.17) is 4.74 Å². The van der Waals surface area contributed by atoms with Gasteiger partial charge in [-0.15, -0.1) is 11.3 Å². The predicted molar refractivity (Wildman–Crippen MR) is 113 cm³/mol. The number of ether oxygens (including phenoxy) is 1. The maximum atomic E-state index is 12.7. The molecule has 2 aromatic carbocycles. The average Bonchev–Trinajstić information content (AvgIpc) is 3.34. The van der Waals surface area contributed by atoms with E-state index in [0.717, 1.165) is 17.9 Å². The quantitative estimate of drug-likeness (QED) is 0.530. The number of para-hydroxylation sites is 1. The lowest BCUT2D eigenvalue weighted by Gasteiger charge is -2.25. The van der Waals surface area contributed by atoms with E-state index in [2.05, 4.69) is 16.3 Å². The van der Waals surface area contributed by atoms with Gasteiger partial charge < -0.3 is 4.74 Å². The van der Waals surface area contributed by atoms with Crippen molar-refractivity contribution in [3.63, 3.8) is 0 Å². The zero-order chi connectivity index (χ0) is 20.2. The number of thiophene rings is 1. The molecular weight excluding hydrogens is 384 g/mol. The number of carbonyl (C=O) groups is 2. The van der Waals surface area contributed by atoms with Gasteiger partial charge in [0.05, 0.1) is 18.2 Å². The molecule has 0 fully saturated rings. The van der Waals surface area contributed by atoms with Crippen LogP contribution in [-0.4, -0.2) is 41.8 Å². The molecule has 0 spiro atoms. The zero-order valence-electron chi connectivity index (χ0n) is 16.2. The van der Waals surface area contributed by atoms with E-state index in [-0.39, 0.29) is 11.8 Å². The molecule has 0 N–H and O–H groups in total. The number of amides is 2. The van der Waals surface area contributed by atoms with Crippen molar-refractivity contribution in [3.8, 4) is 5.75 Å². The fourth-order valence-electron chi connectivity index (χ4n) is 3.60. The first-order valence-electron chi connectivity index (χ1n) is 9.49. The Bertz CT molecular complexity index is 981. The molecule has 1 aliphatic rings. The summed E-state index contributed by atoms with van der Waals surface area (Å²) in [6.07, 6.45) is 0. The van der Waals surface area contributed by atoms with E-state index >= 15 is 0 Å². The van der Waals surface area contributed by atoms with Crippen LogP contribution in [-0.2, 0) is 13.1 Å². The SMILES string of the molecule is COc1ccccc1CN(CCN1C(=O)c2ccccc2C1=O)Cc1cccs1. The summed E-state index contributed by atoms with van der Waals surface area (Å²) in [6, 6.07) is 19.1. The lowest BCUT2D eigenvalue weighted by molar-refractivity contribution is 0.0632. The third kappa shape index (κ3) is 4.09. The van der Waals surface area contributed by atoms with Crippen molar-refractivity contribution in [1.29, 1.82) is 0 Å². The van der Waals surface area contributed by atoms with Crippen LogP contribution >= 0.6 is 11.3 Å². The molecule has 29 heavy (non-hydrogen) atoms. The molecule has 1 aliphatic heterocycles. The molecule has 148 valence electrons. The van der Waals surface area contributed by atoms with E-state index in [0.29, 0.717) is 30.8 Å². The maximum absolute atomic E-state index is 12.7. The molecular formula is C23H22N2O3S. The first-order valence-corrected chi connectivity index (χ1v) is 10.4. The minimum Gasteiger partial charge on any atom is -0.496 e. The summed E-state index contributed by atoms with van der Waals surface area (Å²) >= 11 is 1.70. The van der Waals surface area contributed by atoms with E-state index in [1.54, 1.807) is 42.7 Å². The van der Waals surface area contributed by atoms with Gasteiger partial charge in [0, 0.05) is 36.6 Å². The molecule has 6 heteroatoms. The Morgan fingerprint density at radius 2 is 1.59 bits per heavy atom. The number of rotatable bonds is 8. The summed E-state index contributed by atoms with van der Waals surface area (Å²) in [4.78, 5) is 30.2. The summed E-state index contributed by atoms with van der Waals surface area (Å²) in [5.41, 5.74) is 2.06. The second-order valence-electron chi connectivity index (χ2n) is 6.91. The number of imide groups is 1. The Hall–Kier alpha value is -2.96. The van der Waals surface area contributed by atoms with Gasteiger partial charge in [0.25, 0.3) is 11.8 Å². The minimum absolute atomic E-state index is 0.209. The Labute approximate surface area is 174 Å². The van der Waals surface area contributed by atoms with E-state index in [9.17, 15) is 9.59 Å². The van der Waals surface area contributed by atoms with Gasteiger partial charge in [-0.05, 0) is 29.6 Å². The van der Waals surface area contributed by atoms with Gasteiger partial charge in [0.15, 0.2) is 0 Å². The number of carbonyl (C=O) groups excluding carboxylic acids is 2. The molecule has 0 saturated heterocycles. The van der Waals surface area contributed by atoms with Crippen LogP contribution in [0.1, 0.15) is 31.2 Å². The number of methoxy groups -OCH3 is 1. The number of benzene rings is 2. The predicted octanol–water partition coefficient (Wildman–Crippen LogP) is 4.06. The molecule has 0 saturated carbocycles. The van der Waals surface area contributed by atoms with Crippen molar-refractivity contribution in [3.05, 3.63) is 87.6 Å². The number of nitrogens with zero attached hydrogens (tertiary/aromatic N) is 2. The van der Waals surface area contributed by atoms with Crippen molar-refractivity contribution in [1.82, 2.24) is 9.80 Å². The number of hydrogen-bond donors (Lipinski definition) is 0. The molecule has 2 amide bonds. The van der Waals surface area contributed by atoms with Crippen LogP contribution < -0.4 is 4.74 Å². The summed E-state index contributed by atoms with van der Waals surface area (Å²) in [5, 5.41) is 2.06. The van der Waals surface area contributed by atoms with Crippen molar-refractivity contribution in [2.75, 3.05) is 20.2 Å². The van der Waals surface area contributed by atoms with Crippen molar-refractivity contribution in [2.45, 2.75) is 13.1 Å². The highest BCUT2D eigenvalue weighted by Crippen LogP contribution is 2.24. The van der Waals surface area contributed by atoms with E-state index < -0.39 is 0 Å². The molecule has 0 radical (unpaired) electrons. The second kappa shape index (κ2) is 8.59. The van der Waals surface area contributed by atoms with Gasteiger partial charge in [-0.25, -0.2) is 0 Å². The molecule has 0 aliphatic carbocycles. The van der Waals surface area contributed by atoms with Gasteiger partial charge in [0.1, 0.15) is 5.75 Å². The lowest BCUT2D eigenvalue weighted by atomic mass is 10.1. The minimum atomic E-state index is -0.209. The Balaban J connectivity index is 1.50. The second-order valence-corrected chi connectivity index (χ2v) is 7.94. The first kappa shape index (κ1) is 19.4. The highest BCUT2D eigenvalue weighted by Gasteiger charge is 2.34. The van der Waals surface area contributed by atoms with Crippen LogP contribution in [0.3, 0.4) is 0 Å². The zero-order valence-corrected chi connectivity index (χ0v) is 17.0. The number of fused-ring (bicyclic) bond motifs is 1. The molecule has 0 bridgehead atoms. The fourth-order valence-corrected chi connectivity index (χ4v) is 4.34. The highest BCUT2D eigenvalue weighted by molar-refractivity contribution is 7.09. The van der Waals surface area contributed by atoms with Gasteiger partial charge in [-0.2, -0.15) is 0 Å². The van der Waals surface area contributed by atoms with Gasteiger partial charge in [-0.3, -0.25) is 19.4 Å². The van der Waals surface area contributed by atoms with Crippen LogP contribution in [0.5, 0.6) is 5.75 Å². The molecule has 4 rings (SSSR count). The standard InChI is InChI=1S/C23H22N2O3S/c1-28-21-11-5-2-7-17(21)15-24(16-18-8-6-14-29-18)12-13-25-22(26)19-9-3-4-10-20(19)23(25)27/h2-11,14H,12-13,15-16H2,1H3. The molecule has 2 heterocycles. The van der Waals surface area contributed by atoms with Crippen LogP contribution in [0.2, 0.25) is 0 Å². The van der Waals surface area contributed by atoms with Crippen LogP contribution in [0.25, 0.3) is 0 Å². The topological polar surface area (TPSA) is 49.9 Å². The first-order chi connectivity index (χ1) is 14.2. The fraction of sp³-hybridized carbons (Fsp3) is 0.217. The van der Waals surface area contributed by atoms with Gasteiger partial charge >= 0.3 is 0 Å². The van der Waals surface area contributed by atoms with Crippen molar-refractivity contribution < 1.29 is 14.3 Å². The third-order valence-corrected chi connectivity index (χ3v) is 5.93. The summed E-state index contributed by atoms with van der Waals surface area (Å²) in [7, 11) is 1.67. The highest BCUT2D eigenvalue weighted by atomic mass is 32.1. The normalized spacial score (nSPS) is 13.2. The largest absolute Gasteiger partial charge is 0.496 e. The Kier molecular flexibility index (Phi) is 5.74. The maximum Gasteiger partial charge on any atom is 0.261 e. The van der Waals surface area contributed by atoms with Crippen LogP contribution in [0.15, 0.2) is 66.0 Å². The molecule has 0 atom stereocenters. The van der Waals surface area contributed by atoms with Gasteiger partial charge in [-0.1, -0.05) is 36.4 Å². The monoisotopic (exact) mass is 406 g/mol. The van der Waals surface area contributed by atoms with E-state index in [1.807, 2.05) is 30.3 Å². The van der Waals surface area contributed by atoms with E-state index in [1.165, 1.54) is 9.78 Å². The van der Waals surface area contributed by atoms with Crippen LogP contribution in [0, 0.1) is 0 Å². The Morgan fingerprint density at radius 3 is 2.24 bits per heavy atom. The van der Waals surface area contributed by atoms with Crippen molar-refractivity contribution >= 4 is 23.2 Å². The lowest BCUT2D eigenvalue weighted by Crippen LogP contribution is -2.37. The number of hydrogen-bond acceptors (Lipinski definition) is 5. The smallest absolute Gasteiger partial charge is 0.261 e. The Morgan fingerprint density at radius 1 is 0.897 bits per heavy atom. The molecule has 1 aromatic heterocycles. The third-order valence-electron chi connectivity index (χ3n) is 5.06. The summed E-state index contributed by atoms with van der Waals surface area (Å²) in [6.45, 7) is 2.36. The molecule has 0 unspecified atom stereocenters. The summed E-state index contributed by atoms with van der Waals surface area (Å²) in [5.74, 6) is 0.419. The molecule has 5 nitrogen and oxygen atoms in total. The summed E-state index contributed by atoms with van der Waals surface area (Å²) < 4.78 is 5.49.